The highest BCUT2D eigenvalue weighted by atomic mass is 31.2. The Bertz CT molecular complexity index is 270. The second kappa shape index (κ2) is 5.80. The van der Waals surface area contributed by atoms with Crippen LogP contribution in [0.3, 0.4) is 0 Å². The van der Waals surface area contributed by atoms with Crippen LogP contribution in [-0.2, 0) is 13.6 Å². The predicted octanol–water partition coefficient (Wildman–Crippen LogP) is 2.12. The van der Waals surface area contributed by atoms with Gasteiger partial charge in [0.2, 0.25) is 0 Å². The molecule has 0 aromatic heterocycles. The Hall–Kier alpha value is -0.150. The maximum absolute atomic E-state index is 11.8. The lowest BCUT2D eigenvalue weighted by molar-refractivity contribution is 0.259. The van der Waals surface area contributed by atoms with E-state index in [4.69, 9.17) is 9.05 Å². The largest absolute Gasteiger partial charge is 0.331 e. The van der Waals surface area contributed by atoms with Crippen LogP contribution < -0.4 is 0 Å². The summed E-state index contributed by atoms with van der Waals surface area (Å²) in [5, 5.41) is 0. The van der Waals surface area contributed by atoms with Crippen LogP contribution in [0.5, 0.6) is 0 Å². The second-order valence-electron chi connectivity index (χ2n) is 3.80. The summed E-state index contributed by atoms with van der Waals surface area (Å²) in [6.07, 6.45) is 3.78. The van der Waals surface area contributed by atoms with Gasteiger partial charge in [0, 0.05) is 33.9 Å². The molecule has 0 aromatic rings. The molecule has 0 bridgehead atoms. The first-order valence-electron chi connectivity index (χ1n) is 5.18. The first-order chi connectivity index (χ1) is 7.09. The van der Waals surface area contributed by atoms with Crippen molar-refractivity contribution in [2.24, 2.45) is 0 Å². The van der Waals surface area contributed by atoms with Gasteiger partial charge in [0.1, 0.15) is 0 Å². The first-order valence-corrected chi connectivity index (χ1v) is 6.91. The Morgan fingerprint density at radius 1 is 1.47 bits per heavy atom. The monoisotopic (exact) mass is 233 g/mol. The van der Waals surface area contributed by atoms with Gasteiger partial charge in [-0.3, -0.25) is 9.46 Å². The Kier molecular flexibility index (Phi) is 5.00. The van der Waals surface area contributed by atoms with E-state index in [0.717, 1.165) is 26.1 Å². The summed E-state index contributed by atoms with van der Waals surface area (Å²) in [5.41, 5.74) is 1.44. The van der Waals surface area contributed by atoms with Gasteiger partial charge in [-0.05, 0) is 13.3 Å². The number of hydrogen-bond acceptors (Lipinski definition) is 4. The SMILES string of the molecule is COP(=O)(CCN1CC=C(C)CC1)OC. The van der Waals surface area contributed by atoms with E-state index in [9.17, 15) is 4.57 Å². The quantitative estimate of drug-likeness (QED) is 0.538. The maximum Gasteiger partial charge on any atom is 0.331 e. The van der Waals surface area contributed by atoms with Crippen LogP contribution in [0.1, 0.15) is 13.3 Å². The van der Waals surface area contributed by atoms with Gasteiger partial charge in [-0.25, -0.2) is 0 Å². The molecule has 0 saturated heterocycles. The molecule has 0 unspecified atom stereocenters. The van der Waals surface area contributed by atoms with Crippen LogP contribution in [0.4, 0.5) is 0 Å². The van der Waals surface area contributed by atoms with Crippen molar-refractivity contribution >= 4 is 7.60 Å². The van der Waals surface area contributed by atoms with Crippen molar-refractivity contribution in [3.63, 3.8) is 0 Å². The van der Waals surface area contributed by atoms with Gasteiger partial charge in [0.05, 0.1) is 6.16 Å². The van der Waals surface area contributed by atoms with E-state index in [-0.39, 0.29) is 0 Å². The van der Waals surface area contributed by atoms with E-state index in [0.29, 0.717) is 6.16 Å². The molecule has 0 amide bonds. The molecule has 1 aliphatic heterocycles. The van der Waals surface area contributed by atoms with E-state index in [1.54, 1.807) is 0 Å². The lowest BCUT2D eigenvalue weighted by atomic mass is 10.1. The minimum atomic E-state index is -2.83. The van der Waals surface area contributed by atoms with Crippen LogP contribution in [0.25, 0.3) is 0 Å². The van der Waals surface area contributed by atoms with Crippen LogP contribution in [-0.4, -0.2) is 44.9 Å². The van der Waals surface area contributed by atoms with Crippen molar-refractivity contribution in [3.05, 3.63) is 11.6 Å². The highest BCUT2D eigenvalue weighted by molar-refractivity contribution is 7.53. The highest BCUT2D eigenvalue weighted by Gasteiger charge is 2.22. The van der Waals surface area contributed by atoms with Gasteiger partial charge in [-0.2, -0.15) is 0 Å². The number of hydrogen-bond donors (Lipinski definition) is 0. The van der Waals surface area contributed by atoms with Crippen molar-refractivity contribution in [3.8, 4) is 0 Å². The minimum Gasteiger partial charge on any atom is -0.312 e. The maximum atomic E-state index is 11.8. The Balaban J connectivity index is 2.35. The van der Waals surface area contributed by atoms with Gasteiger partial charge in [-0.15, -0.1) is 0 Å². The second-order valence-corrected chi connectivity index (χ2v) is 6.20. The third-order valence-electron chi connectivity index (χ3n) is 2.77. The molecule has 0 fully saturated rings. The summed E-state index contributed by atoms with van der Waals surface area (Å²) in [7, 11) is 0.0447. The Labute approximate surface area is 91.8 Å². The number of nitrogens with zero attached hydrogens (tertiary/aromatic N) is 1. The van der Waals surface area contributed by atoms with Crippen molar-refractivity contribution in [1.29, 1.82) is 0 Å². The fourth-order valence-corrected chi connectivity index (χ4v) is 2.58. The van der Waals surface area contributed by atoms with E-state index >= 15 is 0 Å². The molecule has 5 heteroatoms. The molecule has 4 nitrogen and oxygen atoms in total. The smallest absolute Gasteiger partial charge is 0.312 e. The summed E-state index contributed by atoms with van der Waals surface area (Å²) in [4.78, 5) is 2.26. The molecule has 0 N–H and O–H groups in total. The van der Waals surface area contributed by atoms with E-state index in [1.807, 2.05) is 0 Å². The molecule has 0 spiro atoms. The Morgan fingerprint density at radius 3 is 2.60 bits per heavy atom. The zero-order valence-corrected chi connectivity index (χ0v) is 10.6. The molecule has 0 radical (unpaired) electrons. The van der Waals surface area contributed by atoms with Crippen molar-refractivity contribution < 1.29 is 13.6 Å². The standard InChI is InChI=1S/C10H20NO3P/c1-10-4-6-11(7-5-10)8-9-15(12,13-2)14-3/h4H,5-9H2,1-3H3. The molecular weight excluding hydrogens is 213 g/mol. The van der Waals surface area contributed by atoms with Crippen molar-refractivity contribution in [2.45, 2.75) is 13.3 Å². The van der Waals surface area contributed by atoms with Gasteiger partial charge in [0.15, 0.2) is 0 Å². The molecule has 1 rings (SSSR count). The predicted molar refractivity (Wildman–Crippen MR) is 61.3 cm³/mol. The average Bonchev–Trinajstić information content (AvgIpc) is 2.28. The van der Waals surface area contributed by atoms with Crippen molar-refractivity contribution in [2.75, 3.05) is 40.0 Å². The summed E-state index contributed by atoms with van der Waals surface area (Å²) >= 11 is 0. The highest BCUT2D eigenvalue weighted by Crippen LogP contribution is 2.45. The molecule has 0 atom stereocenters. The van der Waals surface area contributed by atoms with Gasteiger partial charge in [-0.1, -0.05) is 11.6 Å². The molecule has 0 saturated carbocycles. The average molecular weight is 233 g/mol. The summed E-state index contributed by atoms with van der Waals surface area (Å²) < 4.78 is 21.6. The molecule has 0 aromatic carbocycles. The lowest BCUT2D eigenvalue weighted by Crippen LogP contribution is -2.31. The summed E-state index contributed by atoms with van der Waals surface area (Å²) in [6.45, 7) is 4.89. The number of rotatable bonds is 5. The van der Waals surface area contributed by atoms with Gasteiger partial charge in [0.25, 0.3) is 0 Å². The Morgan fingerprint density at radius 2 is 2.13 bits per heavy atom. The van der Waals surface area contributed by atoms with E-state index in [1.165, 1.54) is 19.8 Å². The van der Waals surface area contributed by atoms with Crippen LogP contribution in [0.2, 0.25) is 0 Å². The van der Waals surface area contributed by atoms with Crippen LogP contribution >= 0.6 is 7.60 Å². The van der Waals surface area contributed by atoms with E-state index in [2.05, 4.69) is 17.9 Å². The molecule has 15 heavy (non-hydrogen) atoms. The first kappa shape index (κ1) is 12.9. The molecule has 1 aliphatic rings. The summed E-state index contributed by atoms with van der Waals surface area (Å²) in [6, 6.07) is 0. The van der Waals surface area contributed by atoms with E-state index < -0.39 is 7.60 Å². The van der Waals surface area contributed by atoms with Gasteiger partial charge < -0.3 is 9.05 Å². The molecular formula is C10H20NO3P. The zero-order valence-electron chi connectivity index (χ0n) is 9.73. The molecule has 0 aliphatic carbocycles. The lowest BCUT2D eigenvalue weighted by Gasteiger charge is -2.26. The third-order valence-corrected chi connectivity index (χ3v) is 4.63. The van der Waals surface area contributed by atoms with Gasteiger partial charge >= 0.3 is 7.60 Å². The fraction of sp³-hybridized carbons (Fsp3) is 0.800. The fourth-order valence-electron chi connectivity index (χ4n) is 1.54. The van der Waals surface area contributed by atoms with Crippen molar-refractivity contribution in [1.82, 2.24) is 4.90 Å². The topological polar surface area (TPSA) is 38.8 Å². The summed E-state index contributed by atoms with van der Waals surface area (Å²) in [5.74, 6) is 0. The van der Waals surface area contributed by atoms with Crippen LogP contribution in [0.15, 0.2) is 11.6 Å². The third kappa shape index (κ3) is 4.07. The molecule has 88 valence electrons. The molecule has 1 heterocycles. The van der Waals surface area contributed by atoms with Crippen LogP contribution in [0, 0.1) is 0 Å². The zero-order chi connectivity index (χ0) is 11.3. The minimum absolute atomic E-state index is 0.465. The normalized spacial score (nSPS) is 19.0.